The predicted molar refractivity (Wildman–Crippen MR) is 178 cm³/mol. The largest absolute Gasteiger partial charge is 0.313 e. The average Bonchev–Trinajstić information content (AvgIpc) is 3.35. The SMILES string of the molecule is C1=CCCC(n2c3c4c5c6c(ccc(N(c7ccccc7)c7ccccc7)c6ccc52)-c2ccccc2C=4CCC=3)=C1. The third kappa shape index (κ3) is 3.33. The summed E-state index contributed by atoms with van der Waals surface area (Å²) in [6.45, 7) is 0. The van der Waals surface area contributed by atoms with Crippen molar-refractivity contribution in [3.05, 3.63) is 144 Å². The lowest BCUT2D eigenvalue weighted by Gasteiger charge is -2.27. The van der Waals surface area contributed by atoms with Gasteiger partial charge in [-0.1, -0.05) is 91.0 Å². The molecule has 1 aromatic heterocycles. The molecule has 0 aliphatic heterocycles. The van der Waals surface area contributed by atoms with Gasteiger partial charge in [0, 0.05) is 38.4 Å². The predicted octanol–water partition coefficient (Wildman–Crippen LogP) is 9.21. The minimum absolute atomic E-state index is 1.06. The Balaban J connectivity index is 1.47. The lowest BCUT2D eigenvalue weighted by Crippen LogP contribution is -2.33. The number of anilines is 3. The van der Waals surface area contributed by atoms with Gasteiger partial charge in [-0.05, 0) is 90.4 Å². The van der Waals surface area contributed by atoms with E-state index < -0.39 is 0 Å². The number of nitrogens with zero attached hydrogens (tertiary/aromatic N) is 2. The molecule has 3 aliphatic carbocycles. The third-order valence-electron chi connectivity index (χ3n) is 9.25. The van der Waals surface area contributed by atoms with Gasteiger partial charge in [-0.15, -0.1) is 0 Å². The Morgan fingerprint density at radius 3 is 2.07 bits per heavy atom. The molecule has 9 rings (SSSR count). The maximum Gasteiger partial charge on any atom is 0.0544 e. The van der Waals surface area contributed by atoms with Crippen LogP contribution < -0.4 is 15.5 Å². The molecule has 0 amide bonds. The van der Waals surface area contributed by atoms with E-state index in [2.05, 4.69) is 143 Å². The number of fused-ring (bicyclic) bond motifs is 3. The molecular weight excluding hydrogens is 508 g/mol. The number of allylic oxidation sites excluding steroid dienone is 4. The van der Waals surface area contributed by atoms with Crippen molar-refractivity contribution in [2.75, 3.05) is 4.90 Å². The Hall–Kier alpha value is -5.08. The Labute approximate surface area is 245 Å². The maximum absolute atomic E-state index is 2.57. The van der Waals surface area contributed by atoms with Crippen LogP contribution in [0.15, 0.2) is 127 Å². The topological polar surface area (TPSA) is 8.17 Å². The van der Waals surface area contributed by atoms with E-state index >= 15 is 0 Å². The molecule has 2 heteroatoms. The second kappa shape index (κ2) is 9.22. The summed E-state index contributed by atoms with van der Waals surface area (Å²) in [6, 6.07) is 40.1. The average molecular weight is 539 g/mol. The van der Waals surface area contributed by atoms with Crippen LogP contribution in [0.4, 0.5) is 17.1 Å². The highest BCUT2D eigenvalue weighted by atomic mass is 15.1. The quantitative estimate of drug-likeness (QED) is 0.217. The van der Waals surface area contributed by atoms with E-state index in [9.17, 15) is 0 Å². The van der Waals surface area contributed by atoms with Gasteiger partial charge in [-0.25, -0.2) is 0 Å². The highest BCUT2D eigenvalue weighted by molar-refractivity contribution is 6.21. The van der Waals surface area contributed by atoms with E-state index in [1.807, 2.05) is 0 Å². The van der Waals surface area contributed by atoms with Crippen molar-refractivity contribution in [2.45, 2.75) is 25.7 Å². The number of para-hydroxylation sites is 2. The van der Waals surface area contributed by atoms with Crippen molar-refractivity contribution in [1.82, 2.24) is 4.57 Å². The second-order valence-corrected chi connectivity index (χ2v) is 11.5. The maximum atomic E-state index is 2.57. The van der Waals surface area contributed by atoms with Crippen LogP contribution in [0, 0.1) is 0 Å². The van der Waals surface area contributed by atoms with Crippen LogP contribution in [-0.4, -0.2) is 4.57 Å². The first-order valence-electron chi connectivity index (χ1n) is 15.1. The van der Waals surface area contributed by atoms with Crippen molar-refractivity contribution in [3.8, 4) is 11.1 Å². The molecule has 0 saturated carbocycles. The summed E-state index contributed by atoms with van der Waals surface area (Å²) in [6.07, 6.45) is 13.6. The summed E-state index contributed by atoms with van der Waals surface area (Å²) in [5.41, 5.74) is 11.8. The lowest BCUT2D eigenvalue weighted by atomic mass is 9.90. The molecule has 2 nitrogen and oxygen atoms in total. The van der Waals surface area contributed by atoms with Gasteiger partial charge in [-0.2, -0.15) is 0 Å². The van der Waals surface area contributed by atoms with Crippen LogP contribution in [-0.2, 0) is 0 Å². The summed E-state index contributed by atoms with van der Waals surface area (Å²) >= 11 is 0. The third-order valence-corrected chi connectivity index (χ3v) is 9.25. The summed E-state index contributed by atoms with van der Waals surface area (Å²) in [5, 5.41) is 6.86. The summed E-state index contributed by atoms with van der Waals surface area (Å²) in [4.78, 5) is 2.41. The fraction of sp³-hybridized carbons (Fsp3) is 0.100. The van der Waals surface area contributed by atoms with Crippen LogP contribution >= 0.6 is 0 Å². The molecule has 0 spiro atoms. The Bertz CT molecular complexity index is 2190. The molecule has 0 fully saturated rings. The van der Waals surface area contributed by atoms with Crippen molar-refractivity contribution in [2.24, 2.45) is 0 Å². The van der Waals surface area contributed by atoms with E-state index in [1.165, 1.54) is 65.9 Å². The monoisotopic (exact) mass is 538 g/mol. The lowest BCUT2D eigenvalue weighted by molar-refractivity contribution is 0.932. The van der Waals surface area contributed by atoms with Gasteiger partial charge >= 0.3 is 0 Å². The van der Waals surface area contributed by atoms with Gasteiger partial charge in [0.1, 0.15) is 0 Å². The van der Waals surface area contributed by atoms with Crippen molar-refractivity contribution < 1.29 is 0 Å². The van der Waals surface area contributed by atoms with Crippen molar-refractivity contribution in [1.29, 1.82) is 0 Å². The zero-order valence-electron chi connectivity index (χ0n) is 23.4. The van der Waals surface area contributed by atoms with Gasteiger partial charge in [0.2, 0.25) is 0 Å². The van der Waals surface area contributed by atoms with Crippen LogP contribution in [0.25, 0.3) is 50.1 Å². The van der Waals surface area contributed by atoms with Crippen molar-refractivity contribution in [3.63, 3.8) is 0 Å². The van der Waals surface area contributed by atoms with Crippen molar-refractivity contribution >= 4 is 56.1 Å². The zero-order valence-corrected chi connectivity index (χ0v) is 23.4. The minimum Gasteiger partial charge on any atom is -0.313 e. The standard InChI is InChI=1S/C40H30N2/c1-4-13-27(14-5-1)41(28-15-6-2-7-16-28)35-25-23-33-31-20-11-10-19-30(31)32-21-12-22-36-39(32)40-37(26-24-34(35)38(33)40)42(36)29-17-8-3-9-18-29/h1-8,10-11,13-17,19-20,22-26H,9,12,18,21H2. The fourth-order valence-corrected chi connectivity index (χ4v) is 7.54. The number of hydrogen-bond acceptors (Lipinski definition) is 1. The van der Waals surface area contributed by atoms with Gasteiger partial charge in [0.15, 0.2) is 0 Å². The van der Waals surface area contributed by atoms with Gasteiger partial charge < -0.3 is 9.47 Å². The summed E-state index contributed by atoms with van der Waals surface area (Å²) in [5.74, 6) is 0. The van der Waals surface area contributed by atoms with Crippen LogP contribution in [0.5, 0.6) is 0 Å². The molecule has 42 heavy (non-hydrogen) atoms. The number of rotatable bonds is 4. The molecule has 1 heterocycles. The molecule has 6 aromatic rings. The molecular formula is C40H30N2. The Kier molecular flexibility index (Phi) is 5.18. The first kappa shape index (κ1) is 23.6. The fourth-order valence-electron chi connectivity index (χ4n) is 7.54. The number of aromatic nitrogens is 1. The van der Waals surface area contributed by atoms with Crippen LogP contribution in [0.1, 0.15) is 31.2 Å². The zero-order chi connectivity index (χ0) is 27.6. The van der Waals surface area contributed by atoms with E-state index in [-0.39, 0.29) is 0 Å². The normalized spacial score (nSPS) is 15.0. The smallest absolute Gasteiger partial charge is 0.0544 e. The van der Waals surface area contributed by atoms with Crippen LogP contribution in [0.2, 0.25) is 0 Å². The van der Waals surface area contributed by atoms with E-state index in [0.29, 0.717) is 0 Å². The number of benzene rings is 5. The summed E-state index contributed by atoms with van der Waals surface area (Å²) < 4.78 is 2.57. The molecule has 0 unspecified atom stereocenters. The first-order chi connectivity index (χ1) is 20.9. The van der Waals surface area contributed by atoms with Gasteiger partial charge in [-0.3, -0.25) is 0 Å². The molecule has 5 aromatic carbocycles. The molecule has 200 valence electrons. The molecule has 0 atom stereocenters. The first-order valence-corrected chi connectivity index (χ1v) is 15.1. The molecule has 0 N–H and O–H groups in total. The highest BCUT2D eigenvalue weighted by Gasteiger charge is 2.27. The molecule has 3 aliphatic rings. The highest BCUT2D eigenvalue weighted by Crippen LogP contribution is 2.46. The Morgan fingerprint density at radius 2 is 1.33 bits per heavy atom. The molecule has 0 saturated heterocycles. The van der Waals surface area contributed by atoms with E-state index in [4.69, 9.17) is 0 Å². The molecule has 0 bridgehead atoms. The summed E-state index contributed by atoms with van der Waals surface area (Å²) in [7, 11) is 0. The van der Waals surface area contributed by atoms with Gasteiger partial charge in [0.05, 0.1) is 16.6 Å². The van der Waals surface area contributed by atoms with E-state index in [1.54, 1.807) is 0 Å². The molecule has 0 radical (unpaired) electrons. The Morgan fingerprint density at radius 1 is 0.595 bits per heavy atom. The number of hydrogen-bond donors (Lipinski definition) is 0. The van der Waals surface area contributed by atoms with Crippen LogP contribution in [0.3, 0.4) is 0 Å². The van der Waals surface area contributed by atoms with Gasteiger partial charge in [0.25, 0.3) is 0 Å². The second-order valence-electron chi connectivity index (χ2n) is 11.5. The van der Waals surface area contributed by atoms with E-state index in [0.717, 1.165) is 37.1 Å². The minimum atomic E-state index is 1.06.